The second-order valence-corrected chi connectivity index (χ2v) is 4.22. The van der Waals surface area contributed by atoms with E-state index in [0.29, 0.717) is 5.75 Å². The van der Waals surface area contributed by atoms with E-state index in [1.165, 1.54) is 24.3 Å². The van der Waals surface area contributed by atoms with Crippen molar-refractivity contribution in [3.63, 3.8) is 0 Å². The Morgan fingerprint density at radius 1 is 1.20 bits per heavy atom. The van der Waals surface area contributed by atoms with Crippen molar-refractivity contribution >= 4 is 11.6 Å². The Hall–Kier alpha value is -2.56. The van der Waals surface area contributed by atoms with Crippen molar-refractivity contribution in [2.24, 2.45) is 0 Å². The summed E-state index contributed by atoms with van der Waals surface area (Å²) in [6, 6.07) is 11.9. The van der Waals surface area contributed by atoms with Crippen molar-refractivity contribution in [2.45, 2.75) is 13.0 Å². The molecule has 0 aromatic heterocycles. The number of hydrogen-bond donors (Lipinski definition) is 2. The summed E-state index contributed by atoms with van der Waals surface area (Å²) in [5.41, 5.74) is 0.110. The number of phenolic OH excluding ortho intramolecular Hbond substituents is 1. The lowest BCUT2D eigenvalue weighted by Gasteiger charge is -2.15. The van der Waals surface area contributed by atoms with Gasteiger partial charge < -0.3 is 15.2 Å². The van der Waals surface area contributed by atoms with Crippen LogP contribution in [0.15, 0.2) is 48.5 Å². The van der Waals surface area contributed by atoms with Gasteiger partial charge in [-0.2, -0.15) is 0 Å². The quantitative estimate of drug-likeness (QED) is 0.902. The average molecular weight is 275 g/mol. The molecule has 1 amide bonds. The van der Waals surface area contributed by atoms with Crippen LogP contribution in [0.5, 0.6) is 11.5 Å². The molecule has 0 radical (unpaired) electrons. The van der Waals surface area contributed by atoms with E-state index in [2.05, 4.69) is 5.32 Å². The van der Waals surface area contributed by atoms with Gasteiger partial charge in [0.1, 0.15) is 17.3 Å². The molecule has 0 spiro atoms. The van der Waals surface area contributed by atoms with Gasteiger partial charge >= 0.3 is 0 Å². The fraction of sp³-hybridized carbons (Fsp3) is 0.133. The van der Waals surface area contributed by atoms with Gasteiger partial charge in [0.2, 0.25) is 0 Å². The Morgan fingerprint density at radius 3 is 2.50 bits per heavy atom. The summed E-state index contributed by atoms with van der Waals surface area (Å²) >= 11 is 0. The Morgan fingerprint density at radius 2 is 1.85 bits per heavy atom. The predicted molar refractivity (Wildman–Crippen MR) is 73.2 cm³/mol. The van der Waals surface area contributed by atoms with E-state index in [1.54, 1.807) is 31.2 Å². The topological polar surface area (TPSA) is 58.6 Å². The van der Waals surface area contributed by atoms with E-state index in [4.69, 9.17) is 9.84 Å². The van der Waals surface area contributed by atoms with Crippen LogP contribution in [0.4, 0.5) is 10.1 Å². The van der Waals surface area contributed by atoms with Crippen molar-refractivity contribution in [2.75, 3.05) is 5.32 Å². The third-order valence-corrected chi connectivity index (χ3v) is 2.65. The number of phenols is 1. The molecule has 5 heteroatoms. The van der Waals surface area contributed by atoms with Gasteiger partial charge in [0.25, 0.3) is 5.91 Å². The van der Waals surface area contributed by atoms with E-state index >= 15 is 0 Å². The van der Waals surface area contributed by atoms with E-state index in [9.17, 15) is 9.18 Å². The molecule has 4 nitrogen and oxygen atoms in total. The summed E-state index contributed by atoms with van der Waals surface area (Å²) < 4.78 is 18.8. The molecule has 0 fully saturated rings. The van der Waals surface area contributed by atoms with Crippen LogP contribution in [-0.2, 0) is 4.79 Å². The number of anilines is 1. The molecule has 2 aromatic carbocycles. The fourth-order valence-electron chi connectivity index (χ4n) is 1.58. The van der Waals surface area contributed by atoms with Crippen LogP contribution in [0.2, 0.25) is 0 Å². The van der Waals surface area contributed by atoms with Crippen molar-refractivity contribution < 1.29 is 19.0 Å². The minimum atomic E-state index is -0.792. The standard InChI is InChI=1S/C15H14FNO3/c1-10(20-12-8-6-11(18)7-9-12)15(19)17-14-5-3-2-4-13(14)16/h2-10,18H,1H3,(H,17,19)/t10-/m1/s1. The molecular formula is C15H14FNO3. The summed E-state index contributed by atoms with van der Waals surface area (Å²) in [5.74, 6) is -0.402. The molecule has 0 bridgehead atoms. The van der Waals surface area contributed by atoms with Crippen LogP contribution in [0, 0.1) is 5.82 Å². The monoisotopic (exact) mass is 275 g/mol. The number of ether oxygens (including phenoxy) is 1. The largest absolute Gasteiger partial charge is 0.508 e. The maximum Gasteiger partial charge on any atom is 0.265 e. The van der Waals surface area contributed by atoms with Gasteiger partial charge in [-0.05, 0) is 43.3 Å². The lowest BCUT2D eigenvalue weighted by atomic mass is 10.2. The van der Waals surface area contributed by atoms with Crippen LogP contribution in [0.3, 0.4) is 0 Å². The van der Waals surface area contributed by atoms with E-state index in [-0.39, 0.29) is 11.4 Å². The van der Waals surface area contributed by atoms with E-state index in [0.717, 1.165) is 0 Å². The van der Waals surface area contributed by atoms with Gasteiger partial charge in [0.05, 0.1) is 5.69 Å². The minimum Gasteiger partial charge on any atom is -0.508 e. The van der Waals surface area contributed by atoms with Gasteiger partial charge in [0, 0.05) is 0 Å². The van der Waals surface area contributed by atoms with Gasteiger partial charge in [-0.1, -0.05) is 12.1 Å². The van der Waals surface area contributed by atoms with E-state index < -0.39 is 17.8 Å². The zero-order valence-corrected chi connectivity index (χ0v) is 10.8. The third kappa shape index (κ3) is 3.47. The van der Waals surface area contributed by atoms with Crippen molar-refractivity contribution in [1.82, 2.24) is 0 Å². The van der Waals surface area contributed by atoms with Crippen LogP contribution in [-0.4, -0.2) is 17.1 Å². The number of carbonyl (C=O) groups excluding carboxylic acids is 1. The lowest BCUT2D eigenvalue weighted by molar-refractivity contribution is -0.122. The average Bonchev–Trinajstić information content (AvgIpc) is 2.44. The number of rotatable bonds is 4. The third-order valence-electron chi connectivity index (χ3n) is 2.65. The number of nitrogens with one attached hydrogen (secondary N) is 1. The summed E-state index contributed by atoms with van der Waals surface area (Å²) in [6.45, 7) is 1.56. The highest BCUT2D eigenvalue weighted by molar-refractivity contribution is 5.94. The molecule has 1 atom stereocenters. The number of para-hydroxylation sites is 1. The smallest absolute Gasteiger partial charge is 0.265 e. The van der Waals surface area contributed by atoms with Crippen LogP contribution in [0.25, 0.3) is 0 Å². The number of carbonyl (C=O) groups is 1. The SMILES string of the molecule is C[C@@H](Oc1ccc(O)cc1)C(=O)Nc1ccccc1F. The molecule has 104 valence electrons. The molecule has 0 unspecified atom stereocenters. The first-order chi connectivity index (χ1) is 9.56. The number of benzene rings is 2. The Kier molecular flexibility index (Phi) is 4.20. The first-order valence-corrected chi connectivity index (χ1v) is 6.07. The van der Waals surface area contributed by atoms with Crippen molar-refractivity contribution in [1.29, 1.82) is 0 Å². The second kappa shape index (κ2) is 6.06. The highest BCUT2D eigenvalue weighted by atomic mass is 19.1. The van der Waals surface area contributed by atoms with Gasteiger partial charge in [0.15, 0.2) is 6.10 Å². The molecule has 20 heavy (non-hydrogen) atoms. The molecule has 0 aliphatic carbocycles. The van der Waals surface area contributed by atoms with Crippen LogP contribution < -0.4 is 10.1 Å². The molecule has 0 aliphatic heterocycles. The molecular weight excluding hydrogens is 261 g/mol. The lowest BCUT2D eigenvalue weighted by Crippen LogP contribution is -2.30. The predicted octanol–water partition coefficient (Wildman–Crippen LogP) is 2.94. The molecule has 2 rings (SSSR count). The molecule has 0 aliphatic rings. The Balaban J connectivity index is 1.99. The molecule has 0 saturated heterocycles. The van der Waals surface area contributed by atoms with E-state index in [1.807, 2.05) is 0 Å². The Labute approximate surface area is 115 Å². The fourth-order valence-corrected chi connectivity index (χ4v) is 1.58. The van der Waals surface area contributed by atoms with Gasteiger partial charge in [-0.15, -0.1) is 0 Å². The normalized spacial score (nSPS) is 11.7. The van der Waals surface area contributed by atoms with Crippen molar-refractivity contribution in [3.8, 4) is 11.5 Å². The van der Waals surface area contributed by atoms with Gasteiger partial charge in [-0.25, -0.2) is 4.39 Å². The molecule has 2 aromatic rings. The Bertz CT molecular complexity index is 598. The molecule has 2 N–H and O–H groups in total. The zero-order chi connectivity index (χ0) is 14.5. The van der Waals surface area contributed by atoms with Crippen molar-refractivity contribution in [3.05, 3.63) is 54.3 Å². The highest BCUT2D eigenvalue weighted by Gasteiger charge is 2.16. The summed E-state index contributed by atoms with van der Waals surface area (Å²) in [4.78, 5) is 11.9. The maximum absolute atomic E-state index is 13.4. The summed E-state index contributed by atoms with van der Waals surface area (Å²) in [7, 11) is 0. The first-order valence-electron chi connectivity index (χ1n) is 6.07. The summed E-state index contributed by atoms with van der Waals surface area (Å²) in [6.07, 6.45) is -0.792. The van der Waals surface area contributed by atoms with Crippen LogP contribution in [0.1, 0.15) is 6.92 Å². The number of halogens is 1. The second-order valence-electron chi connectivity index (χ2n) is 4.22. The molecule has 0 heterocycles. The summed E-state index contributed by atoms with van der Waals surface area (Å²) in [5, 5.41) is 11.6. The number of hydrogen-bond acceptors (Lipinski definition) is 3. The van der Waals surface area contributed by atoms with Crippen LogP contribution >= 0.6 is 0 Å². The number of amides is 1. The number of aromatic hydroxyl groups is 1. The molecule has 0 saturated carbocycles. The highest BCUT2D eigenvalue weighted by Crippen LogP contribution is 2.18. The zero-order valence-electron chi connectivity index (χ0n) is 10.8. The first kappa shape index (κ1) is 13.9. The minimum absolute atomic E-state index is 0.110. The van der Waals surface area contributed by atoms with Gasteiger partial charge in [-0.3, -0.25) is 4.79 Å². The maximum atomic E-state index is 13.4.